The molecule has 0 aliphatic carbocycles. The van der Waals surface area contributed by atoms with E-state index in [2.05, 4.69) is 28.6 Å². The SMILES string of the molecule is CC(C)CC(NC(=O)C(CS)NC(=O)C(N)C(C)C)C(=O)NC(CCC(=O)O)C(=O)O. The van der Waals surface area contributed by atoms with Gasteiger partial charge in [-0.15, -0.1) is 0 Å². The van der Waals surface area contributed by atoms with Gasteiger partial charge in [0.05, 0.1) is 6.04 Å². The fourth-order valence-electron chi connectivity index (χ4n) is 2.54. The van der Waals surface area contributed by atoms with E-state index in [0.29, 0.717) is 0 Å². The molecule has 12 heteroatoms. The van der Waals surface area contributed by atoms with Crippen molar-refractivity contribution in [3.05, 3.63) is 0 Å². The second-order valence-corrected chi connectivity index (χ2v) is 8.40. The van der Waals surface area contributed by atoms with Crippen molar-refractivity contribution in [3.8, 4) is 0 Å². The van der Waals surface area contributed by atoms with Gasteiger partial charge in [0, 0.05) is 12.2 Å². The van der Waals surface area contributed by atoms with E-state index in [1.807, 2.05) is 13.8 Å². The van der Waals surface area contributed by atoms with Crippen LogP contribution in [0.4, 0.5) is 0 Å². The molecule has 0 saturated heterocycles. The van der Waals surface area contributed by atoms with Crippen molar-refractivity contribution >= 4 is 42.3 Å². The number of aliphatic carboxylic acids is 2. The molecule has 4 unspecified atom stereocenters. The summed E-state index contributed by atoms with van der Waals surface area (Å²) in [5.74, 6) is -4.77. The maximum absolute atomic E-state index is 12.6. The van der Waals surface area contributed by atoms with E-state index >= 15 is 0 Å². The number of amides is 3. The van der Waals surface area contributed by atoms with Gasteiger partial charge in [0.1, 0.15) is 18.1 Å². The van der Waals surface area contributed by atoms with Gasteiger partial charge in [0.15, 0.2) is 0 Å². The fourth-order valence-corrected chi connectivity index (χ4v) is 2.79. The van der Waals surface area contributed by atoms with E-state index in [1.54, 1.807) is 13.8 Å². The molecule has 7 N–H and O–H groups in total. The molecule has 0 aromatic carbocycles. The van der Waals surface area contributed by atoms with Crippen LogP contribution in [0.1, 0.15) is 47.0 Å². The zero-order valence-electron chi connectivity index (χ0n) is 18.3. The number of carbonyl (C=O) groups excluding carboxylic acids is 3. The maximum Gasteiger partial charge on any atom is 0.326 e. The molecule has 0 aromatic heterocycles. The molecule has 0 bridgehead atoms. The Labute approximate surface area is 187 Å². The molecule has 0 aliphatic heterocycles. The predicted octanol–water partition coefficient (Wildman–Crippen LogP) is -0.651. The summed E-state index contributed by atoms with van der Waals surface area (Å²) in [6, 6.07) is -4.38. The minimum Gasteiger partial charge on any atom is -0.481 e. The lowest BCUT2D eigenvalue weighted by Crippen LogP contribution is -2.58. The molecule has 11 nitrogen and oxygen atoms in total. The van der Waals surface area contributed by atoms with Crippen molar-refractivity contribution in [1.29, 1.82) is 0 Å². The topological polar surface area (TPSA) is 188 Å². The molecule has 0 aliphatic rings. The monoisotopic (exact) mass is 462 g/mol. The number of carboxylic acid groups (broad SMARTS) is 2. The number of rotatable bonds is 14. The molecule has 0 radical (unpaired) electrons. The summed E-state index contributed by atoms with van der Waals surface area (Å²) < 4.78 is 0. The fraction of sp³-hybridized carbons (Fsp3) is 0.737. The van der Waals surface area contributed by atoms with Crippen LogP contribution in [0.5, 0.6) is 0 Å². The van der Waals surface area contributed by atoms with Gasteiger partial charge >= 0.3 is 11.9 Å². The molecule has 0 rings (SSSR count). The Balaban J connectivity index is 5.29. The Morgan fingerprint density at radius 2 is 1.32 bits per heavy atom. The summed E-state index contributed by atoms with van der Waals surface area (Å²) in [5.41, 5.74) is 5.78. The number of carbonyl (C=O) groups is 5. The molecule has 0 spiro atoms. The smallest absolute Gasteiger partial charge is 0.326 e. The summed E-state index contributed by atoms with van der Waals surface area (Å²) in [7, 11) is 0. The zero-order valence-corrected chi connectivity index (χ0v) is 19.1. The zero-order chi connectivity index (χ0) is 24.3. The number of nitrogens with one attached hydrogen (secondary N) is 3. The Bertz CT molecular complexity index is 657. The van der Waals surface area contributed by atoms with Gasteiger partial charge in [-0.05, 0) is 24.7 Å². The van der Waals surface area contributed by atoms with Crippen LogP contribution in [-0.4, -0.2) is 69.8 Å². The van der Waals surface area contributed by atoms with Crippen LogP contribution in [0.25, 0.3) is 0 Å². The third-order valence-corrected chi connectivity index (χ3v) is 4.80. The van der Waals surface area contributed by atoms with Crippen molar-refractivity contribution in [1.82, 2.24) is 16.0 Å². The van der Waals surface area contributed by atoms with Crippen molar-refractivity contribution in [2.24, 2.45) is 17.6 Å². The van der Waals surface area contributed by atoms with Gasteiger partial charge in [-0.2, -0.15) is 12.6 Å². The average molecular weight is 463 g/mol. The van der Waals surface area contributed by atoms with E-state index in [4.69, 9.17) is 10.8 Å². The number of thiol groups is 1. The molecule has 31 heavy (non-hydrogen) atoms. The molecular formula is C19H34N4O7S. The van der Waals surface area contributed by atoms with Gasteiger partial charge in [0.2, 0.25) is 17.7 Å². The first-order valence-corrected chi connectivity index (χ1v) is 10.6. The third kappa shape index (κ3) is 11.0. The van der Waals surface area contributed by atoms with E-state index in [1.165, 1.54) is 0 Å². The lowest BCUT2D eigenvalue weighted by Gasteiger charge is -2.25. The van der Waals surface area contributed by atoms with Gasteiger partial charge < -0.3 is 31.9 Å². The maximum atomic E-state index is 12.6. The van der Waals surface area contributed by atoms with Gasteiger partial charge in [-0.25, -0.2) is 4.79 Å². The summed E-state index contributed by atoms with van der Waals surface area (Å²) in [4.78, 5) is 59.5. The van der Waals surface area contributed by atoms with Crippen LogP contribution in [0.3, 0.4) is 0 Å². The average Bonchev–Trinajstić information content (AvgIpc) is 2.66. The van der Waals surface area contributed by atoms with E-state index in [-0.39, 0.29) is 30.4 Å². The Morgan fingerprint density at radius 1 is 0.839 bits per heavy atom. The summed E-state index contributed by atoms with van der Waals surface area (Å²) in [6.45, 7) is 7.13. The third-order valence-electron chi connectivity index (χ3n) is 4.44. The van der Waals surface area contributed by atoms with Crippen LogP contribution in [-0.2, 0) is 24.0 Å². The molecule has 0 heterocycles. The second-order valence-electron chi connectivity index (χ2n) is 8.04. The number of nitrogens with two attached hydrogens (primary N) is 1. The highest BCUT2D eigenvalue weighted by atomic mass is 32.1. The van der Waals surface area contributed by atoms with Crippen LogP contribution in [0.15, 0.2) is 0 Å². The van der Waals surface area contributed by atoms with Crippen LogP contribution in [0, 0.1) is 11.8 Å². The number of carboxylic acids is 2. The first-order chi connectivity index (χ1) is 14.3. The minimum absolute atomic E-state index is 0.0308. The first kappa shape index (κ1) is 28.7. The van der Waals surface area contributed by atoms with Crippen molar-refractivity contribution in [2.45, 2.75) is 71.1 Å². The Hall–Kier alpha value is -2.34. The van der Waals surface area contributed by atoms with Crippen LogP contribution in [0.2, 0.25) is 0 Å². The highest BCUT2D eigenvalue weighted by molar-refractivity contribution is 7.80. The van der Waals surface area contributed by atoms with Crippen molar-refractivity contribution in [2.75, 3.05) is 5.75 Å². The lowest BCUT2D eigenvalue weighted by molar-refractivity contribution is -0.143. The van der Waals surface area contributed by atoms with Gasteiger partial charge in [-0.1, -0.05) is 27.7 Å². The standard InChI is InChI=1S/C19H34N4O7S/c1-9(2)7-12(16(26)21-11(19(29)30)5-6-14(24)25)22-17(27)13(8-31)23-18(28)15(20)10(3)4/h9-13,15,31H,5-8,20H2,1-4H3,(H,21,26)(H,22,27)(H,23,28)(H,24,25)(H,29,30). The molecular weight excluding hydrogens is 428 g/mol. The molecule has 0 fully saturated rings. The van der Waals surface area contributed by atoms with E-state index < -0.39 is 60.2 Å². The van der Waals surface area contributed by atoms with Crippen molar-refractivity contribution < 1.29 is 34.2 Å². The highest BCUT2D eigenvalue weighted by Crippen LogP contribution is 2.08. The van der Waals surface area contributed by atoms with E-state index in [9.17, 15) is 29.1 Å². The Kier molecular flexibility index (Phi) is 12.8. The van der Waals surface area contributed by atoms with Gasteiger partial charge in [-0.3, -0.25) is 19.2 Å². The predicted molar refractivity (Wildman–Crippen MR) is 116 cm³/mol. The quantitative estimate of drug-likeness (QED) is 0.166. The second kappa shape index (κ2) is 13.9. The summed E-state index contributed by atoms with van der Waals surface area (Å²) in [5, 5.41) is 25.3. The molecule has 3 amide bonds. The molecule has 4 atom stereocenters. The van der Waals surface area contributed by atoms with Crippen LogP contribution < -0.4 is 21.7 Å². The summed E-state index contributed by atoms with van der Waals surface area (Å²) in [6.07, 6.45) is -0.551. The number of hydrogen-bond donors (Lipinski definition) is 7. The lowest BCUT2D eigenvalue weighted by atomic mass is 10.0. The molecule has 178 valence electrons. The molecule has 0 aromatic rings. The van der Waals surface area contributed by atoms with Crippen molar-refractivity contribution in [3.63, 3.8) is 0 Å². The van der Waals surface area contributed by atoms with E-state index in [0.717, 1.165) is 0 Å². The Morgan fingerprint density at radius 3 is 1.74 bits per heavy atom. The first-order valence-electron chi connectivity index (χ1n) is 10.0. The normalized spacial score (nSPS) is 15.0. The largest absolute Gasteiger partial charge is 0.481 e. The highest BCUT2D eigenvalue weighted by Gasteiger charge is 2.30. The summed E-state index contributed by atoms with van der Waals surface area (Å²) >= 11 is 4.07. The number of hydrogen-bond acceptors (Lipinski definition) is 7. The molecule has 0 saturated carbocycles. The van der Waals surface area contributed by atoms with Gasteiger partial charge in [0.25, 0.3) is 0 Å². The minimum atomic E-state index is -1.42. The van der Waals surface area contributed by atoms with Crippen LogP contribution >= 0.6 is 12.6 Å².